The fraction of sp³-hybridized carbons (Fsp3) is 0.143. The monoisotopic (exact) mass is 363 g/mol. The van der Waals surface area contributed by atoms with Crippen molar-refractivity contribution in [2.45, 2.75) is 12.8 Å². The van der Waals surface area contributed by atoms with Gasteiger partial charge in [-0.05, 0) is 48.7 Å². The predicted molar refractivity (Wildman–Crippen MR) is 105 cm³/mol. The van der Waals surface area contributed by atoms with Crippen molar-refractivity contribution in [3.05, 3.63) is 83.0 Å². The SMILES string of the molecule is O=C(c1ccc(Nc2ccccc2Cl)nc1)N1CCCc2ccccc21. The molecule has 26 heavy (non-hydrogen) atoms. The van der Waals surface area contributed by atoms with Crippen LogP contribution in [-0.2, 0) is 6.42 Å². The van der Waals surface area contributed by atoms with E-state index in [1.165, 1.54) is 5.56 Å². The molecule has 0 unspecified atom stereocenters. The second kappa shape index (κ2) is 7.18. The molecule has 0 spiro atoms. The number of pyridine rings is 1. The minimum atomic E-state index is -0.0195. The molecular weight excluding hydrogens is 346 g/mol. The first-order valence-corrected chi connectivity index (χ1v) is 8.97. The number of fused-ring (bicyclic) bond motifs is 1. The lowest BCUT2D eigenvalue weighted by Crippen LogP contribution is -2.35. The van der Waals surface area contributed by atoms with E-state index in [9.17, 15) is 4.79 Å². The van der Waals surface area contributed by atoms with E-state index in [4.69, 9.17) is 11.6 Å². The Morgan fingerprint density at radius 3 is 2.65 bits per heavy atom. The molecule has 0 bridgehead atoms. The van der Waals surface area contributed by atoms with E-state index in [-0.39, 0.29) is 5.91 Å². The second-order valence-electron chi connectivity index (χ2n) is 6.23. The van der Waals surface area contributed by atoms with Crippen LogP contribution in [0.4, 0.5) is 17.2 Å². The van der Waals surface area contributed by atoms with Crippen molar-refractivity contribution in [2.75, 3.05) is 16.8 Å². The molecule has 0 saturated heterocycles. The van der Waals surface area contributed by atoms with Crippen LogP contribution in [-0.4, -0.2) is 17.4 Å². The maximum absolute atomic E-state index is 12.9. The molecule has 2 aromatic carbocycles. The Hall–Kier alpha value is -2.85. The van der Waals surface area contributed by atoms with Crippen molar-refractivity contribution >= 4 is 34.7 Å². The summed E-state index contributed by atoms with van der Waals surface area (Å²) >= 11 is 6.15. The summed E-state index contributed by atoms with van der Waals surface area (Å²) in [6.07, 6.45) is 3.60. The van der Waals surface area contributed by atoms with Gasteiger partial charge in [-0.3, -0.25) is 4.79 Å². The van der Waals surface area contributed by atoms with Crippen LogP contribution in [0.25, 0.3) is 0 Å². The van der Waals surface area contributed by atoms with Crippen LogP contribution in [0.15, 0.2) is 66.9 Å². The van der Waals surface area contributed by atoms with Crippen molar-refractivity contribution in [1.82, 2.24) is 4.98 Å². The van der Waals surface area contributed by atoms with Gasteiger partial charge in [0.2, 0.25) is 0 Å². The number of aryl methyl sites for hydroxylation is 1. The number of nitrogens with zero attached hydrogens (tertiary/aromatic N) is 2. The number of amides is 1. The molecule has 5 heteroatoms. The summed E-state index contributed by atoms with van der Waals surface area (Å²) in [5, 5.41) is 3.79. The Labute approximate surface area is 157 Å². The first-order valence-electron chi connectivity index (χ1n) is 8.60. The number of carbonyl (C=O) groups is 1. The lowest BCUT2D eigenvalue weighted by Gasteiger charge is -2.29. The summed E-state index contributed by atoms with van der Waals surface area (Å²) in [4.78, 5) is 19.1. The Morgan fingerprint density at radius 1 is 1.04 bits per heavy atom. The Bertz CT molecular complexity index is 940. The third kappa shape index (κ3) is 3.28. The molecule has 0 fully saturated rings. The molecule has 4 nitrogen and oxygen atoms in total. The zero-order chi connectivity index (χ0) is 17.9. The van der Waals surface area contributed by atoms with Gasteiger partial charge in [0.25, 0.3) is 5.91 Å². The summed E-state index contributed by atoms with van der Waals surface area (Å²) < 4.78 is 0. The number of halogens is 1. The fourth-order valence-corrected chi connectivity index (χ4v) is 3.38. The maximum atomic E-state index is 12.9. The number of para-hydroxylation sites is 2. The standard InChI is InChI=1S/C21H18ClN3O/c22-17-8-2-3-9-18(17)24-20-12-11-16(14-23-20)21(26)25-13-5-7-15-6-1-4-10-19(15)25/h1-4,6,8-12,14H,5,7,13H2,(H,23,24). The van der Waals surface area contributed by atoms with Crippen LogP contribution in [0.5, 0.6) is 0 Å². The van der Waals surface area contributed by atoms with Gasteiger partial charge in [-0.15, -0.1) is 0 Å². The van der Waals surface area contributed by atoms with Crippen molar-refractivity contribution in [3.8, 4) is 0 Å². The van der Waals surface area contributed by atoms with E-state index >= 15 is 0 Å². The number of anilines is 3. The quantitative estimate of drug-likeness (QED) is 0.706. The smallest absolute Gasteiger partial charge is 0.259 e. The van der Waals surface area contributed by atoms with Gasteiger partial charge in [-0.25, -0.2) is 4.98 Å². The number of aromatic nitrogens is 1. The highest BCUT2D eigenvalue weighted by Crippen LogP contribution is 2.28. The summed E-state index contributed by atoms with van der Waals surface area (Å²) in [5.41, 5.74) is 3.58. The van der Waals surface area contributed by atoms with Gasteiger partial charge in [0.1, 0.15) is 5.82 Å². The molecule has 1 aliphatic heterocycles. The molecule has 1 aliphatic rings. The molecule has 1 N–H and O–H groups in total. The van der Waals surface area contributed by atoms with Crippen molar-refractivity contribution in [1.29, 1.82) is 0 Å². The Balaban J connectivity index is 1.54. The lowest BCUT2D eigenvalue weighted by atomic mass is 10.0. The van der Waals surface area contributed by atoms with Gasteiger partial charge in [-0.2, -0.15) is 0 Å². The van der Waals surface area contributed by atoms with Gasteiger partial charge < -0.3 is 10.2 Å². The van der Waals surface area contributed by atoms with E-state index in [0.717, 1.165) is 30.8 Å². The highest BCUT2D eigenvalue weighted by molar-refractivity contribution is 6.33. The molecular formula is C21H18ClN3O. The Morgan fingerprint density at radius 2 is 1.85 bits per heavy atom. The third-order valence-corrected chi connectivity index (χ3v) is 4.83. The summed E-state index contributed by atoms with van der Waals surface area (Å²) in [5.74, 6) is 0.627. The average molecular weight is 364 g/mol. The topological polar surface area (TPSA) is 45.2 Å². The van der Waals surface area contributed by atoms with Crippen molar-refractivity contribution in [2.24, 2.45) is 0 Å². The van der Waals surface area contributed by atoms with Gasteiger partial charge in [0.05, 0.1) is 16.3 Å². The zero-order valence-electron chi connectivity index (χ0n) is 14.2. The van der Waals surface area contributed by atoms with E-state index < -0.39 is 0 Å². The fourth-order valence-electron chi connectivity index (χ4n) is 3.20. The summed E-state index contributed by atoms with van der Waals surface area (Å²) in [6, 6.07) is 19.2. The molecule has 0 radical (unpaired) electrons. The van der Waals surface area contributed by atoms with Crippen LogP contribution in [0.3, 0.4) is 0 Å². The van der Waals surface area contributed by atoms with Crippen molar-refractivity contribution in [3.63, 3.8) is 0 Å². The summed E-state index contributed by atoms with van der Waals surface area (Å²) in [7, 11) is 0. The molecule has 130 valence electrons. The number of hydrogen-bond acceptors (Lipinski definition) is 3. The first-order chi connectivity index (χ1) is 12.7. The van der Waals surface area contributed by atoms with Gasteiger partial charge in [0, 0.05) is 18.4 Å². The largest absolute Gasteiger partial charge is 0.339 e. The zero-order valence-corrected chi connectivity index (χ0v) is 14.9. The maximum Gasteiger partial charge on any atom is 0.259 e. The highest BCUT2D eigenvalue weighted by atomic mass is 35.5. The van der Waals surface area contributed by atoms with Gasteiger partial charge in [-0.1, -0.05) is 41.9 Å². The molecule has 1 aromatic heterocycles. The molecule has 1 amide bonds. The third-order valence-electron chi connectivity index (χ3n) is 4.50. The van der Waals surface area contributed by atoms with E-state index in [0.29, 0.717) is 16.4 Å². The van der Waals surface area contributed by atoms with Gasteiger partial charge in [0.15, 0.2) is 0 Å². The van der Waals surface area contributed by atoms with Gasteiger partial charge >= 0.3 is 0 Å². The van der Waals surface area contributed by atoms with E-state index in [1.807, 2.05) is 47.4 Å². The van der Waals surface area contributed by atoms with E-state index in [2.05, 4.69) is 16.4 Å². The molecule has 0 aliphatic carbocycles. The van der Waals surface area contributed by atoms with Crippen molar-refractivity contribution < 1.29 is 4.79 Å². The van der Waals surface area contributed by atoms with Crippen LogP contribution < -0.4 is 10.2 Å². The normalized spacial score (nSPS) is 13.2. The minimum Gasteiger partial charge on any atom is -0.339 e. The number of benzene rings is 2. The lowest BCUT2D eigenvalue weighted by molar-refractivity contribution is 0.0985. The molecule has 3 aromatic rings. The number of carbonyl (C=O) groups excluding carboxylic acids is 1. The second-order valence-corrected chi connectivity index (χ2v) is 6.63. The molecule has 0 saturated carbocycles. The molecule has 2 heterocycles. The minimum absolute atomic E-state index is 0.0195. The van der Waals surface area contributed by atoms with Crippen LogP contribution in [0, 0.1) is 0 Å². The average Bonchev–Trinajstić information content (AvgIpc) is 2.69. The number of nitrogens with one attached hydrogen (secondary N) is 1. The highest BCUT2D eigenvalue weighted by Gasteiger charge is 2.23. The predicted octanol–water partition coefficient (Wildman–Crippen LogP) is 5.07. The molecule has 4 rings (SSSR count). The van der Waals surface area contributed by atoms with Crippen LogP contribution in [0.1, 0.15) is 22.3 Å². The first kappa shape index (κ1) is 16.6. The number of rotatable bonds is 3. The van der Waals surface area contributed by atoms with Crippen LogP contribution in [0.2, 0.25) is 5.02 Å². The van der Waals surface area contributed by atoms with Crippen LogP contribution >= 0.6 is 11.6 Å². The molecule has 0 atom stereocenters. The van der Waals surface area contributed by atoms with E-state index in [1.54, 1.807) is 18.3 Å². The number of hydrogen-bond donors (Lipinski definition) is 1. The summed E-state index contributed by atoms with van der Waals surface area (Å²) in [6.45, 7) is 0.732. The Kier molecular flexibility index (Phi) is 4.59.